The molecule has 3 nitrogen and oxygen atoms in total. The first kappa shape index (κ1) is 27.4. The third kappa shape index (κ3) is 11.6. The summed E-state index contributed by atoms with van der Waals surface area (Å²) in [5, 5.41) is 10.6. The van der Waals surface area contributed by atoms with E-state index in [1.54, 1.807) is 6.20 Å². The van der Waals surface area contributed by atoms with Crippen LogP contribution in [0.15, 0.2) is 17.4 Å². The van der Waals surface area contributed by atoms with Gasteiger partial charge in [0.25, 0.3) is 0 Å². The first-order valence-electron chi connectivity index (χ1n) is 13.5. The summed E-state index contributed by atoms with van der Waals surface area (Å²) in [6.07, 6.45) is 29.9. The third-order valence-electron chi connectivity index (χ3n) is 6.91. The Bertz CT molecular complexity index is 460. The van der Waals surface area contributed by atoms with Gasteiger partial charge < -0.3 is 0 Å². The van der Waals surface area contributed by atoms with E-state index >= 15 is 0 Å². The summed E-state index contributed by atoms with van der Waals surface area (Å²) in [6, 6.07) is 0. The van der Waals surface area contributed by atoms with Crippen molar-refractivity contribution >= 4 is 5.84 Å². The van der Waals surface area contributed by atoms with Gasteiger partial charge in [0.2, 0.25) is 5.84 Å². The number of nitrogens with zero attached hydrogens (tertiary/aromatic N) is 2. The minimum atomic E-state index is -0.0720. The molecule has 1 rings (SSSR count). The van der Waals surface area contributed by atoms with Crippen LogP contribution >= 0.6 is 0 Å². The number of hydroxylamine groups is 3. The van der Waals surface area contributed by atoms with Gasteiger partial charge in [-0.1, -0.05) is 123 Å². The molecule has 2 atom stereocenters. The van der Waals surface area contributed by atoms with Gasteiger partial charge in [0.15, 0.2) is 6.20 Å². The predicted octanol–water partition coefficient (Wildman–Crippen LogP) is 9.16. The molecule has 0 amide bonds. The SMILES string of the molecule is CCCCCCCCCCCCCCCCCCCC(CC)C1=NC=C[N+]1(O)CC. The Labute approximate surface area is 188 Å². The lowest BCUT2D eigenvalue weighted by atomic mass is 9.95. The minimum Gasteiger partial charge on any atom is -0.205 e. The molecule has 0 radical (unpaired) electrons. The first-order chi connectivity index (χ1) is 14.7. The fraction of sp³-hybridized carbons (Fsp3) is 0.889. The Morgan fingerprint density at radius 2 is 1.13 bits per heavy atom. The van der Waals surface area contributed by atoms with Crippen LogP contribution in [-0.4, -0.2) is 22.2 Å². The Morgan fingerprint density at radius 3 is 1.53 bits per heavy atom. The van der Waals surface area contributed by atoms with Crippen molar-refractivity contribution in [1.82, 2.24) is 0 Å². The summed E-state index contributed by atoms with van der Waals surface area (Å²) in [6.45, 7) is 7.21. The fourth-order valence-corrected chi connectivity index (χ4v) is 4.72. The van der Waals surface area contributed by atoms with Gasteiger partial charge in [-0.25, -0.2) is 5.21 Å². The van der Waals surface area contributed by atoms with Crippen molar-refractivity contribution in [3.63, 3.8) is 0 Å². The van der Waals surface area contributed by atoms with Crippen LogP contribution < -0.4 is 0 Å². The van der Waals surface area contributed by atoms with Crippen LogP contribution in [-0.2, 0) is 0 Å². The maximum atomic E-state index is 10.6. The molecule has 0 saturated carbocycles. The number of rotatable bonds is 21. The highest BCUT2D eigenvalue weighted by Crippen LogP contribution is 2.25. The molecule has 0 aromatic heterocycles. The molecule has 0 aromatic carbocycles. The molecule has 0 saturated heterocycles. The van der Waals surface area contributed by atoms with E-state index in [0.717, 1.165) is 18.7 Å². The molecule has 3 heteroatoms. The maximum absolute atomic E-state index is 10.6. The van der Waals surface area contributed by atoms with E-state index in [9.17, 15) is 5.21 Å². The number of unbranched alkanes of at least 4 members (excludes halogenated alkanes) is 16. The lowest BCUT2D eigenvalue weighted by Crippen LogP contribution is -2.46. The van der Waals surface area contributed by atoms with E-state index in [4.69, 9.17) is 0 Å². The molecule has 0 aliphatic carbocycles. The van der Waals surface area contributed by atoms with Crippen LogP contribution in [0.3, 0.4) is 0 Å². The topological polar surface area (TPSA) is 32.6 Å². The number of hydrogen-bond acceptors (Lipinski definition) is 2. The Hall–Kier alpha value is -0.670. The van der Waals surface area contributed by atoms with E-state index in [0.29, 0.717) is 12.5 Å². The van der Waals surface area contributed by atoms with Crippen molar-refractivity contribution in [1.29, 1.82) is 0 Å². The van der Waals surface area contributed by atoms with Crippen molar-refractivity contribution < 1.29 is 9.85 Å². The van der Waals surface area contributed by atoms with Gasteiger partial charge in [-0.15, -0.1) is 4.65 Å². The molecule has 0 aromatic rings. The van der Waals surface area contributed by atoms with E-state index in [1.807, 2.05) is 13.1 Å². The average Bonchev–Trinajstić information content (AvgIpc) is 3.15. The van der Waals surface area contributed by atoms with Crippen LogP contribution in [0.1, 0.15) is 143 Å². The lowest BCUT2D eigenvalue weighted by molar-refractivity contribution is -0.988. The highest BCUT2D eigenvalue weighted by atomic mass is 16.5. The largest absolute Gasteiger partial charge is 0.243 e. The summed E-state index contributed by atoms with van der Waals surface area (Å²) in [7, 11) is 0. The molecule has 176 valence electrons. The molecular weight excluding hydrogens is 368 g/mol. The van der Waals surface area contributed by atoms with Crippen LogP contribution in [0.4, 0.5) is 0 Å². The van der Waals surface area contributed by atoms with Gasteiger partial charge in [0.05, 0.1) is 12.1 Å². The summed E-state index contributed by atoms with van der Waals surface area (Å²) < 4.78 is -0.0720. The van der Waals surface area contributed by atoms with Gasteiger partial charge in [-0.3, -0.25) is 0 Å². The van der Waals surface area contributed by atoms with Gasteiger partial charge >= 0.3 is 0 Å². The molecule has 0 fully saturated rings. The molecule has 1 aliphatic rings. The van der Waals surface area contributed by atoms with Crippen molar-refractivity contribution in [2.75, 3.05) is 6.54 Å². The third-order valence-corrected chi connectivity index (χ3v) is 6.91. The molecule has 0 spiro atoms. The molecule has 30 heavy (non-hydrogen) atoms. The first-order valence-corrected chi connectivity index (χ1v) is 13.5. The van der Waals surface area contributed by atoms with Gasteiger partial charge in [0.1, 0.15) is 6.54 Å². The number of aliphatic imine (C=N–C) groups is 1. The second-order valence-electron chi connectivity index (χ2n) is 9.48. The highest BCUT2D eigenvalue weighted by Gasteiger charge is 2.37. The summed E-state index contributed by atoms with van der Waals surface area (Å²) in [5.41, 5.74) is 0. The summed E-state index contributed by atoms with van der Waals surface area (Å²) >= 11 is 0. The Morgan fingerprint density at radius 1 is 0.700 bits per heavy atom. The molecule has 0 bridgehead atoms. The molecule has 1 aliphatic heterocycles. The van der Waals surface area contributed by atoms with Crippen molar-refractivity contribution in [3.05, 3.63) is 12.4 Å². The fourth-order valence-electron chi connectivity index (χ4n) is 4.72. The molecule has 1 N–H and O–H groups in total. The smallest absolute Gasteiger partial charge is 0.205 e. The lowest BCUT2D eigenvalue weighted by Gasteiger charge is -2.26. The predicted molar refractivity (Wildman–Crippen MR) is 132 cm³/mol. The normalized spacial score (nSPS) is 19.4. The molecule has 1 heterocycles. The van der Waals surface area contributed by atoms with Gasteiger partial charge in [-0.05, 0) is 19.8 Å². The van der Waals surface area contributed by atoms with Crippen molar-refractivity contribution in [2.24, 2.45) is 10.9 Å². The quantitative estimate of drug-likeness (QED) is 0.145. The van der Waals surface area contributed by atoms with Crippen LogP contribution in [0.2, 0.25) is 0 Å². The summed E-state index contributed by atoms with van der Waals surface area (Å²) in [4.78, 5) is 4.48. The monoisotopic (exact) mass is 421 g/mol. The average molecular weight is 422 g/mol. The van der Waals surface area contributed by atoms with E-state index in [1.165, 1.54) is 109 Å². The Kier molecular flexibility index (Phi) is 16.4. The second kappa shape index (κ2) is 18.0. The van der Waals surface area contributed by atoms with E-state index < -0.39 is 0 Å². The van der Waals surface area contributed by atoms with Crippen molar-refractivity contribution in [3.8, 4) is 0 Å². The Balaban J connectivity index is 1.87. The highest BCUT2D eigenvalue weighted by molar-refractivity contribution is 5.80. The zero-order valence-electron chi connectivity index (χ0n) is 20.7. The van der Waals surface area contributed by atoms with Crippen LogP contribution in [0, 0.1) is 5.92 Å². The van der Waals surface area contributed by atoms with Crippen molar-refractivity contribution in [2.45, 2.75) is 143 Å². The van der Waals surface area contributed by atoms with Crippen LogP contribution in [0.25, 0.3) is 0 Å². The van der Waals surface area contributed by atoms with E-state index in [2.05, 4.69) is 18.8 Å². The number of quaternary nitrogens is 1. The molecule has 2 unspecified atom stereocenters. The van der Waals surface area contributed by atoms with E-state index in [-0.39, 0.29) is 4.65 Å². The summed E-state index contributed by atoms with van der Waals surface area (Å²) in [5.74, 6) is 1.37. The standard InChI is InChI=1S/C27H53N2O/c1-4-7-8-9-10-11-12-13-14-15-16-17-18-19-20-21-22-23-26(5-2)27-28-24-25-29(27,30)6-3/h24-26,30H,4-23H2,1-3H3/q+1. The zero-order chi connectivity index (χ0) is 21.9. The van der Waals surface area contributed by atoms with Gasteiger partial charge in [-0.2, -0.15) is 4.99 Å². The van der Waals surface area contributed by atoms with Crippen LogP contribution in [0.5, 0.6) is 0 Å². The number of amidine groups is 1. The zero-order valence-corrected chi connectivity index (χ0v) is 20.7. The second-order valence-corrected chi connectivity index (χ2v) is 9.48. The number of hydrogen-bond donors (Lipinski definition) is 1. The minimum absolute atomic E-state index is 0.0720. The maximum Gasteiger partial charge on any atom is 0.243 e. The molecular formula is C27H53N2O+. The van der Waals surface area contributed by atoms with Gasteiger partial charge in [0, 0.05) is 0 Å².